The lowest BCUT2D eigenvalue weighted by Crippen LogP contribution is -2.37. The number of benzene rings is 1. The van der Waals surface area contributed by atoms with Gasteiger partial charge in [-0.25, -0.2) is 9.78 Å². The fourth-order valence-electron chi connectivity index (χ4n) is 2.84. The minimum absolute atomic E-state index is 0.0870. The molecule has 9 heteroatoms. The molecule has 1 aromatic carbocycles. The third-order valence-electron chi connectivity index (χ3n) is 4.38. The van der Waals surface area contributed by atoms with Crippen molar-refractivity contribution in [3.8, 4) is 0 Å². The fourth-order valence-corrected chi connectivity index (χ4v) is 2.84. The maximum absolute atomic E-state index is 12.9. The van der Waals surface area contributed by atoms with E-state index in [4.69, 9.17) is 9.26 Å². The average Bonchev–Trinajstić information content (AvgIpc) is 3.12. The van der Waals surface area contributed by atoms with E-state index >= 15 is 0 Å². The molecular formula is C19H20N4O5. The van der Waals surface area contributed by atoms with Gasteiger partial charge in [0.25, 0.3) is 11.3 Å². The first kappa shape index (κ1) is 19.3. The van der Waals surface area contributed by atoms with Crippen LogP contribution in [0.4, 0.5) is 5.69 Å². The Kier molecular flexibility index (Phi) is 5.25. The van der Waals surface area contributed by atoms with Crippen LogP contribution in [0.1, 0.15) is 35.9 Å². The van der Waals surface area contributed by atoms with Gasteiger partial charge in [0.1, 0.15) is 17.8 Å². The van der Waals surface area contributed by atoms with E-state index in [-0.39, 0.29) is 29.3 Å². The Hall–Kier alpha value is -3.49. The number of rotatable bonds is 5. The molecule has 3 rings (SSSR count). The van der Waals surface area contributed by atoms with Gasteiger partial charge in [-0.3, -0.25) is 14.2 Å². The maximum atomic E-state index is 12.9. The lowest BCUT2D eigenvalue weighted by molar-refractivity contribution is -0.121. The summed E-state index contributed by atoms with van der Waals surface area (Å²) < 4.78 is 11.0. The van der Waals surface area contributed by atoms with Crippen molar-refractivity contribution in [2.45, 2.75) is 26.8 Å². The molecule has 0 spiro atoms. The van der Waals surface area contributed by atoms with Crippen molar-refractivity contribution >= 4 is 28.7 Å². The summed E-state index contributed by atoms with van der Waals surface area (Å²) in [5.41, 5.74) is 0.768. The second-order valence-electron chi connectivity index (χ2n) is 6.30. The van der Waals surface area contributed by atoms with Crippen molar-refractivity contribution in [1.82, 2.24) is 14.7 Å². The molecule has 1 atom stereocenters. The Morgan fingerprint density at radius 2 is 2.11 bits per heavy atom. The predicted molar refractivity (Wildman–Crippen MR) is 101 cm³/mol. The van der Waals surface area contributed by atoms with E-state index in [1.54, 1.807) is 27.0 Å². The standard InChI is InChI=1S/C19H20N4O5/c1-5-27-19(26)15-14-16(28-21-15)20-10-23(18(14)25)12(3)17(24)22(4)13-8-6-7-11(2)9-13/h6-10,12H,5H2,1-4H3/t12-/m0/s1. The summed E-state index contributed by atoms with van der Waals surface area (Å²) in [7, 11) is 1.63. The summed E-state index contributed by atoms with van der Waals surface area (Å²) in [6.07, 6.45) is 1.21. The fraction of sp³-hybridized carbons (Fsp3) is 0.316. The zero-order valence-electron chi connectivity index (χ0n) is 16.0. The highest BCUT2D eigenvalue weighted by Crippen LogP contribution is 2.19. The van der Waals surface area contributed by atoms with Crippen LogP contribution in [0.25, 0.3) is 11.1 Å². The largest absolute Gasteiger partial charge is 0.461 e. The molecular weight excluding hydrogens is 364 g/mol. The Morgan fingerprint density at radius 3 is 2.79 bits per heavy atom. The van der Waals surface area contributed by atoms with Crippen LogP contribution in [0.15, 0.2) is 39.9 Å². The quantitative estimate of drug-likeness (QED) is 0.620. The van der Waals surface area contributed by atoms with Crippen LogP contribution in [-0.2, 0) is 9.53 Å². The van der Waals surface area contributed by atoms with Crippen molar-refractivity contribution < 1.29 is 18.8 Å². The second-order valence-corrected chi connectivity index (χ2v) is 6.30. The van der Waals surface area contributed by atoms with Crippen molar-refractivity contribution in [2.24, 2.45) is 0 Å². The molecule has 2 heterocycles. The summed E-state index contributed by atoms with van der Waals surface area (Å²) in [6.45, 7) is 5.27. The van der Waals surface area contributed by atoms with Gasteiger partial charge < -0.3 is 14.2 Å². The number of ether oxygens (including phenoxy) is 1. The minimum atomic E-state index is -0.861. The molecule has 9 nitrogen and oxygen atoms in total. The number of hydrogen-bond acceptors (Lipinski definition) is 7. The third kappa shape index (κ3) is 3.38. The van der Waals surface area contributed by atoms with Crippen LogP contribution < -0.4 is 10.5 Å². The number of hydrogen-bond donors (Lipinski definition) is 0. The van der Waals surface area contributed by atoms with Crippen molar-refractivity contribution in [3.05, 3.63) is 52.2 Å². The molecule has 1 amide bonds. The molecule has 0 aliphatic rings. The van der Waals surface area contributed by atoms with E-state index in [0.29, 0.717) is 5.69 Å². The molecule has 2 aromatic heterocycles. The molecule has 0 unspecified atom stereocenters. The number of carbonyl (C=O) groups excluding carboxylic acids is 2. The lowest BCUT2D eigenvalue weighted by atomic mass is 10.2. The number of anilines is 1. The van der Waals surface area contributed by atoms with Crippen LogP contribution in [0.5, 0.6) is 0 Å². The van der Waals surface area contributed by atoms with Crippen molar-refractivity contribution in [3.63, 3.8) is 0 Å². The van der Waals surface area contributed by atoms with Crippen molar-refractivity contribution in [2.75, 3.05) is 18.6 Å². The Balaban J connectivity index is 1.99. The molecule has 28 heavy (non-hydrogen) atoms. The molecule has 0 saturated heterocycles. The van der Waals surface area contributed by atoms with Gasteiger partial charge in [0.05, 0.1) is 6.61 Å². The van der Waals surface area contributed by atoms with E-state index in [9.17, 15) is 14.4 Å². The number of likely N-dealkylation sites (N-methyl/N-ethyl adjacent to an activating group) is 1. The molecule has 0 saturated carbocycles. The Morgan fingerprint density at radius 1 is 1.36 bits per heavy atom. The predicted octanol–water partition coefficient (Wildman–Crippen LogP) is 2.09. The molecule has 0 N–H and O–H groups in total. The molecule has 0 bridgehead atoms. The summed E-state index contributed by atoms with van der Waals surface area (Å²) >= 11 is 0. The number of amides is 1. The van der Waals surface area contributed by atoms with Gasteiger partial charge in [-0.15, -0.1) is 0 Å². The number of esters is 1. The average molecular weight is 384 g/mol. The van der Waals surface area contributed by atoms with E-state index < -0.39 is 17.6 Å². The number of aryl methyl sites for hydroxylation is 1. The normalized spacial score (nSPS) is 12.0. The summed E-state index contributed by atoms with van der Waals surface area (Å²) in [5.74, 6) is -1.10. The van der Waals surface area contributed by atoms with Crippen LogP contribution in [-0.4, -0.2) is 40.2 Å². The van der Waals surface area contributed by atoms with Gasteiger partial charge in [0.2, 0.25) is 11.6 Å². The topological polar surface area (TPSA) is 108 Å². The van der Waals surface area contributed by atoms with Crippen LogP contribution in [0, 0.1) is 6.92 Å². The van der Waals surface area contributed by atoms with Gasteiger partial charge >= 0.3 is 5.97 Å². The number of nitrogens with zero attached hydrogens (tertiary/aromatic N) is 4. The lowest BCUT2D eigenvalue weighted by Gasteiger charge is -2.23. The van der Waals surface area contributed by atoms with Gasteiger partial charge in [0, 0.05) is 12.7 Å². The van der Waals surface area contributed by atoms with Gasteiger partial charge in [-0.1, -0.05) is 17.3 Å². The Labute approximate surface area is 160 Å². The zero-order chi connectivity index (χ0) is 20.4. The van der Waals surface area contributed by atoms with Crippen LogP contribution in [0.2, 0.25) is 0 Å². The molecule has 3 aromatic rings. The molecule has 146 valence electrons. The van der Waals surface area contributed by atoms with Gasteiger partial charge in [-0.05, 0) is 38.5 Å². The van der Waals surface area contributed by atoms with Crippen LogP contribution in [0.3, 0.4) is 0 Å². The summed E-state index contributed by atoms with van der Waals surface area (Å²) in [5, 5.41) is 3.48. The van der Waals surface area contributed by atoms with E-state index in [0.717, 1.165) is 10.1 Å². The molecule has 0 radical (unpaired) electrons. The monoisotopic (exact) mass is 384 g/mol. The first-order valence-electron chi connectivity index (χ1n) is 8.73. The summed E-state index contributed by atoms with van der Waals surface area (Å²) in [6, 6.07) is 6.59. The third-order valence-corrected chi connectivity index (χ3v) is 4.38. The van der Waals surface area contributed by atoms with Crippen LogP contribution >= 0.6 is 0 Å². The van der Waals surface area contributed by atoms with Gasteiger partial charge in [-0.2, -0.15) is 0 Å². The molecule has 0 aliphatic heterocycles. The van der Waals surface area contributed by atoms with E-state index in [1.165, 1.54) is 11.2 Å². The highest BCUT2D eigenvalue weighted by molar-refractivity contribution is 6.00. The second kappa shape index (κ2) is 7.63. The number of fused-ring (bicyclic) bond motifs is 1. The Bertz CT molecular complexity index is 1100. The first-order valence-corrected chi connectivity index (χ1v) is 8.73. The van der Waals surface area contributed by atoms with Gasteiger partial charge in [0.15, 0.2) is 0 Å². The maximum Gasteiger partial charge on any atom is 0.361 e. The highest BCUT2D eigenvalue weighted by atomic mass is 16.5. The zero-order valence-corrected chi connectivity index (χ0v) is 16.0. The molecule has 0 aliphatic carbocycles. The highest BCUT2D eigenvalue weighted by Gasteiger charge is 2.26. The SMILES string of the molecule is CCOC(=O)c1noc2ncn([C@@H](C)C(=O)N(C)c3cccc(C)c3)c(=O)c12. The first-order chi connectivity index (χ1) is 13.3. The molecule has 0 fully saturated rings. The number of carbonyl (C=O) groups is 2. The number of aromatic nitrogens is 3. The summed E-state index contributed by atoms with van der Waals surface area (Å²) in [4.78, 5) is 43.3. The minimum Gasteiger partial charge on any atom is -0.461 e. The van der Waals surface area contributed by atoms with E-state index in [1.807, 2.05) is 25.1 Å². The smallest absolute Gasteiger partial charge is 0.361 e. The van der Waals surface area contributed by atoms with E-state index in [2.05, 4.69) is 10.1 Å². The van der Waals surface area contributed by atoms with Crippen molar-refractivity contribution in [1.29, 1.82) is 0 Å².